The molecule has 0 radical (unpaired) electrons. The number of fused-ring (bicyclic) bond motifs is 1. The molecule has 1 amide bonds. The summed E-state index contributed by atoms with van der Waals surface area (Å²) in [6, 6.07) is 11.3. The van der Waals surface area contributed by atoms with Crippen LogP contribution in [0.3, 0.4) is 0 Å². The molecule has 7 heteroatoms. The Morgan fingerprint density at radius 3 is 2.67 bits per heavy atom. The summed E-state index contributed by atoms with van der Waals surface area (Å²) >= 11 is 0. The van der Waals surface area contributed by atoms with Crippen molar-refractivity contribution in [2.45, 2.75) is 18.9 Å². The predicted molar refractivity (Wildman–Crippen MR) is 99.5 cm³/mol. The zero-order valence-corrected chi connectivity index (χ0v) is 14.8. The second-order valence-corrected chi connectivity index (χ2v) is 6.37. The van der Waals surface area contributed by atoms with E-state index in [2.05, 4.69) is 15.0 Å². The SMILES string of the molecule is O=C(COc1cccnc1)N1CCC(Oc2cnc3ccccc3n2)CC1. The number of pyridine rings is 1. The molecule has 27 heavy (non-hydrogen) atoms. The molecular weight excluding hydrogens is 344 g/mol. The molecule has 1 saturated heterocycles. The van der Waals surface area contributed by atoms with Crippen LogP contribution < -0.4 is 9.47 Å². The average molecular weight is 364 g/mol. The number of aromatic nitrogens is 3. The fourth-order valence-electron chi connectivity index (χ4n) is 3.06. The fraction of sp³-hybridized carbons (Fsp3) is 0.300. The maximum atomic E-state index is 12.3. The fourth-order valence-corrected chi connectivity index (χ4v) is 3.06. The van der Waals surface area contributed by atoms with Crippen LogP contribution in [-0.4, -0.2) is 51.6 Å². The van der Waals surface area contributed by atoms with E-state index >= 15 is 0 Å². The number of carbonyl (C=O) groups excluding carboxylic acids is 1. The molecule has 2 aromatic heterocycles. The normalized spacial score (nSPS) is 14.9. The Labute approximate surface area is 157 Å². The van der Waals surface area contributed by atoms with Gasteiger partial charge in [0.05, 0.1) is 23.4 Å². The molecule has 0 unspecified atom stereocenters. The van der Waals surface area contributed by atoms with Crippen molar-refractivity contribution >= 4 is 16.9 Å². The topological polar surface area (TPSA) is 77.4 Å². The van der Waals surface area contributed by atoms with Crippen LogP contribution in [0.1, 0.15) is 12.8 Å². The lowest BCUT2D eigenvalue weighted by Crippen LogP contribution is -2.43. The lowest BCUT2D eigenvalue weighted by atomic mass is 10.1. The zero-order valence-electron chi connectivity index (χ0n) is 14.8. The van der Waals surface area contributed by atoms with Gasteiger partial charge in [-0.1, -0.05) is 12.1 Å². The van der Waals surface area contributed by atoms with Gasteiger partial charge in [0.1, 0.15) is 11.9 Å². The molecule has 3 heterocycles. The van der Waals surface area contributed by atoms with Crippen LogP contribution in [0.4, 0.5) is 0 Å². The summed E-state index contributed by atoms with van der Waals surface area (Å²) in [5.41, 5.74) is 1.66. The standard InChI is InChI=1S/C20H20N4O3/c25-20(14-26-16-4-3-9-21-12-16)24-10-7-15(8-11-24)27-19-13-22-17-5-1-2-6-18(17)23-19/h1-6,9,12-13,15H,7-8,10-11,14H2. The first kappa shape index (κ1) is 17.2. The van der Waals surface area contributed by atoms with Crippen LogP contribution >= 0.6 is 0 Å². The van der Waals surface area contributed by atoms with E-state index in [-0.39, 0.29) is 18.6 Å². The number of hydrogen-bond acceptors (Lipinski definition) is 6. The molecule has 0 saturated carbocycles. The summed E-state index contributed by atoms with van der Waals surface area (Å²) in [6.07, 6.45) is 6.46. The number of piperidine rings is 1. The minimum absolute atomic E-state index is 0.0212. The molecule has 3 aromatic rings. The Morgan fingerprint density at radius 1 is 1.07 bits per heavy atom. The van der Waals surface area contributed by atoms with Crippen molar-refractivity contribution in [3.05, 3.63) is 55.0 Å². The number of likely N-dealkylation sites (tertiary alicyclic amines) is 1. The van der Waals surface area contributed by atoms with Crippen molar-refractivity contribution in [2.24, 2.45) is 0 Å². The Balaban J connectivity index is 1.27. The Hall–Kier alpha value is -3.22. The van der Waals surface area contributed by atoms with Gasteiger partial charge in [-0.25, -0.2) is 9.97 Å². The zero-order chi connectivity index (χ0) is 18.5. The summed E-state index contributed by atoms with van der Waals surface area (Å²) in [4.78, 5) is 26.9. The predicted octanol–water partition coefficient (Wildman–Crippen LogP) is 2.47. The number of para-hydroxylation sites is 2. The third-order valence-corrected chi connectivity index (χ3v) is 4.51. The number of nitrogens with zero attached hydrogens (tertiary/aromatic N) is 4. The Bertz CT molecular complexity index is 911. The maximum Gasteiger partial charge on any atom is 0.260 e. The second-order valence-electron chi connectivity index (χ2n) is 6.37. The lowest BCUT2D eigenvalue weighted by molar-refractivity contribution is -0.135. The van der Waals surface area contributed by atoms with Crippen molar-refractivity contribution < 1.29 is 14.3 Å². The molecule has 0 N–H and O–H groups in total. The second kappa shape index (κ2) is 7.99. The minimum Gasteiger partial charge on any atom is -0.482 e. The van der Waals surface area contributed by atoms with E-state index in [1.165, 1.54) is 0 Å². The number of benzene rings is 1. The van der Waals surface area contributed by atoms with Crippen molar-refractivity contribution in [1.82, 2.24) is 19.9 Å². The number of carbonyl (C=O) groups is 1. The summed E-state index contributed by atoms with van der Waals surface area (Å²) in [7, 11) is 0. The summed E-state index contributed by atoms with van der Waals surface area (Å²) in [5.74, 6) is 1.10. The average Bonchev–Trinajstić information content (AvgIpc) is 2.73. The van der Waals surface area contributed by atoms with Gasteiger partial charge in [-0.15, -0.1) is 0 Å². The molecule has 0 atom stereocenters. The molecule has 1 aliphatic rings. The van der Waals surface area contributed by atoms with Crippen LogP contribution in [0.15, 0.2) is 55.0 Å². The van der Waals surface area contributed by atoms with Gasteiger partial charge in [-0.3, -0.25) is 9.78 Å². The third kappa shape index (κ3) is 4.31. The number of rotatable bonds is 5. The van der Waals surface area contributed by atoms with Crippen molar-refractivity contribution in [3.8, 4) is 11.6 Å². The first-order valence-electron chi connectivity index (χ1n) is 8.97. The van der Waals surface area contributed by atoms with Crippen LogP contribution in [0.2, 0.25) is 0 Å². The minimum atomic E-state index is -0.0252. The quantitative estimate of drug-likeness (QED) is 0.692. The first-order valence-corrected chi connectivity index (χ1v) is 8.97. The van der Waals surface area contributed by atoms with Crippen LogP contribution in [0.5, 0.6) is 11.6 Å². The number of ether oxygens (including phenoxy) is 2. The summed E-state index contributed by atoms with van der Waals surface area (Å²) < 4.78 is 11.5. The lowest BCUT2D eigenvalue weighted by Gasteiger charge is -2.31. The molecule has 7 nitrogen and oxygen atoms in total. The van der Waals surface area contributed by atoms with Crippen molar-refractivity contribution in [2.75, 3.05) is 19.7 Å². The molecule has 1 fully saturated rings. The molecule has 4 rings (SSSR count). The van der Waals surface area contributed by atoms with E-state index in [4.69, 9.17) is 9.47 Å². The van der Waals surface area contributed by atoms with Gasteiger partial charge in [-0.05, 0) is 24.3 Å². The Morgan fingerprint density at radius 2 is 1.89 bits per heavy atom. The smallest absolute Gasteiger partial charge is 0.260 e. The van der Waals surface area contributed by atoms with E-state index in [0.717, 1.165) is 23.9 Å². The van der Waals surface area contributed by atoms with E-state index in [0.29, 0.717) is 24.7 Å². The van der Waals surface area contributed by atoms with E-state index in [1.54, 1.807) is 30.7 Å². The van der Waals surface area contributed by atoms with Gasteiger partial charge in [0.2, 0.25) is 5.88 Å². The largest absolute Gasteiger partial charge is 0.482 e. The maximum absolute atomic E-state index is 12.3. The van der Waals surface area contributed by atoms with E-state index < -0.39 is 0 Å². The van der Waals surface area contributed by atoms with Gasteiger partial charge in [0.15, 0.2) is 6.61 Å². The summed E-state index contributed by atoms with van der Waals surface area (Å²) in [5, 5.41) is 0. The third-order valence-electron chi connectivity index (χ3n) is 4.51. The van der Waals surface area contributed by atoms with E-state index in [1.807, 2.05) is 29.2 Å². The van der Waals surface area contributed by atoms with Gasteiger partial charge in [0, 0.05) is 32.1 Å². The molecule has 0 aliphatic carbocycles. The van der Waals surface area contributed by atoms with Crippen molar-refractivity contribution in [3.63, 3.8) is 0 Å². The Kier molecular flexibility index (Phi) is 5.09. The number of hydrogen-bond donors (Lipinski definition) is 0. The molecule has 1 aliphatic heterocycles. The van der Waals surface area contributed by atoms with Gasteiger partial charge >= 0.3 is 0 Å². The monoisotopic (exact) mass is 364 g/mol. The molecular formula is C20H20N4O3. The molecule has 0 spiro atoms. The highest BCUT2D eigenvalue weighted by atomic mass is 16.5. The highest BCUT2D eigenvalue weighted by Crippen LogP contribution is 2.19. The van der Waals surface area contributed by atoms with Gasteiger partial charge in [0.25, 0.3) is 5.91 Å². The van der Waals surface area contributed by atoms with E-state index in [9.17, 15) is 4.79 Å². The van der Waals surface area contributed by atoms with Gasteiger partial charge < -0.3 is 14.4 Å². The van der Waals surface area contributed by atoms with Crippen LogP contribution in [0.25, 0.3) is 11.0 Å². The number of amides is 1. The molecule has 0 bridgehead atoms. The molecule has 138 valence electrons. The van der Waals surface area contributed by atoms with Crippen LogP contribution in [-0.2, 0) is 4.79 Å². The van der Waals surface area contributed by atoms with Crippen LogP contribution in [0, 0.1) is 0 Å². The molecule has 1 aromatic carbocycles. The summed E-state index contributed by atoms with van der Waals surface area (Å²) in [6.45, 7) is 1.30. The van der Waals surface area contributed by atoms with Crippen molar-refractivity contribution in [1.29, 1.82) is 0 Å². The first-order chi connectivity index (χ1) is 13.3. The highest BCUT2D eigenvalue weighted by molar-refractivity contribution is 5.77. The van der Waals surface area contributed by atoms with Gasteiger partial charge in [-0.2, -0.15) is 0 Å². The highest BCUT2D eigenvalue weighted by Gasteiger charge is 2.24.